The molecule has 0 aliphatic rings. The highest BCUT2D eigenvalue weighted by molar-refractivity contribution is 5.83. The molecule has 0 heterocycles. The monoisotopic (exact) mass is 243 g/mol. The van der Waals surface area contributed by atoms with Gasteiger partial charge in [0.05, 0.1) is 6.61 Å². The summed E-state index contributed by atoms with van der Waals surface area (Å²) < 4.78 is 5.78. The maximum Gasteiger partial charge on any atom is 0.119 e. The Kier molecular flexibility index (Phi) is 4.59. The highest BCUT2D eigenvalue weighted by atomic mass is 16.5. The lowest BCUT2D eigenvalue weighted by Crippen LogP contribution is -2.21. The quantitative estimate of drug-likeness (QED) is 0.783. The minimum atomic E-state index is 0.560. The molecule has 0 spiro atoms. The van der Waals surface area contributed by atoms with E-state index in [1.165, 1.54) is 10.8 Å². The van der Waals surface area contributed by atoms with E-state index in [9.17, 15) is 0 Å². The van der Waals surface area contributed by atoms with Crippen molar-refractivity contribution in [2.75, 3.05) is 13.7 Å². The molecule has 96 valence electrons. The summed E-state index contributed by atoms with van der Waals surface area (Å²) in [5, 5.41) is 5.73. The number of hydrogen-bond donors (Lipinski definition) is 1. The first kappa shape index (κ1) is 12.9. The summed E-state index contributed by atoms with van der Waals surface area (Å²) in [5.41, 5.74) is 0. The molecule has 2 heteroatoms. The van der Waals surface area contributed by atoms with Crippen molar-refractivity contribution < 1.29 is 4.74 Å². The first-order chi connectivity index (χ1) is 8.79. The van der Waals surface area contributed by atoms with Crippen molar-refractivity contribution in [2.24, 2.45) is 0 Å². The molecule has 0 aromatic heterocycles. The molecule has 0 saturated heterocycles. The molecule has 1 unspecified atom stereocenters. The van der Waals surface area contributed by atoms with Crippen molar-refractivity contribution in [2.45, 2.75) is 25.8 Å². The molecule has 2 aromatic carbocycles. The number of ether oxygens (including phenoxy) is 1. The smallest absolute Gasteiger partial charge is 0.119 e. The Labute approximate surface area is 109 Å². The van der Waals surface area contributed by atoms with Gasteiger partial charge in [-0.05, 0) is 49.7 Å². The first-order valence-electron chi connectivity index (χ1n) is 6.58. The van der Waals surface area contributed by atoms with E-state index >= 15 is 0 Å². The number of hydrogen-bond acceptors (Lipinski definition) is 2. The van der Waals surface area contributed by atoms with Gasteiger partial charge in [-0.15, -0.1) is 0 Å². The second-order valence-electron chi connectivity index (χ2n) is 4.69. The Hall–Kier alpha value is -1.54. The van der Waals surface area contributed by atoms with Gasteiger partial charge in [-0.1, -0.05) is 30.3 Å². The van der Waals surface area contributed by atoms with Crippen LogP contribution in [-0.2, 0) is 0 Å². The lowest BCUT2D eigenvalue weighted by Gasteiger charge is -2.11. The fraction of sp³-hybridized carbons (Fsp3) is 0.375. The van der Waals surface area contributed by atoms with E-state index in [0.29, 0.717) is 6.04 Å². The van der Waals surface area contributed by atoms with Gasteiger partial charge in [0.1, 0.15) is 5.75 Å². The lowest BCUT2D eigenvalue weighted by molar-refractivity contribution is 0.300. The molecule has 0 aliphatic heterocycles. The summed E-state index contributed by atoms with van der Waals surface area (Å²) in [4.78, 5) is 0. The summed E-state index contributed by atoms with van der Waals surface area (Å²) in [6.07, 6.45) is 2.22. The van der Waals surface area contributed by atoms with Crippen molar-refractivity contribution in [1.82, 2.24) is 5.32 Å². The van der Waals surface area contributed by atoms with E-state index < -0.39 is 0 Å². The van der Waals surface area contributed by atoms with Crippen molar-refractivity contribution in [3.05, 3.63) is 42.5 Å². The van der Waals surface area contributed by atoms with Crippen LogP contribution < -0.4 is 10.1 Å². The van der Waals surface area contributed by atoms with Crippen LogP contribution in [-0.4, -0.2) is 19.7 Å². The summed E-state index contributed by atoms with van der Waals surface area (Å²) in [5.74, 6) is 0.964. The molecule has 0 bridgehead atoms. The van der Waals surface area contributed by atoms with Gasteiger partial charge in [-0.2, -0.15) is 0 Å². The Morgan fingerprint density at radius 2 is 1.89 bits per heavy atom. The third-order valence-electron chi connectivity index (χ3n) is 3.26. The third-order valence-corrected chi connectivity index (χ3v) is 3.26. The molecule has 1 atom stereocenters. The highest BCUT2D eigenvalue weighted by Gasteiger charge is 1.99. The van der Waals surface area contributed by atoms with E-state index in [4.69, 9.17) is 4.74 Å². The maximum atomic E-state index is 5.78. The average Bonchev–Trinajstić information content (AvgIpc) is 2.43. The van der Waals surface area contributed by atoms with Crippen molar-refractivity contribution in [3.8, 4) is 5.75 Å². The minimum Gasteiger partial charge on any atom is -0.494 e. The van der Waals surface area contributed by atoms with Crippen molar-refractivity contribution >= 4 is 10.8 Å². The van der Waals surface area contributed by atoms with Crippen LogP contribution in [0.25, 0.3) is 10.8 Å². The fourth-order valence-corrected chi connectivity index (χ4v) is 1.98. The Morgan fingerprint density at radius 1 is 1.11 bits per heavy atom. The SMILES string of the molecule is CNC(C)CCCOc1ccc2ccccc2c1. The van der Waals surface area contributed by atoms with Crippen molar-refractivity contribution in [3.63, 3.8) is 0 Å². The number of rotatable bonds is 6. The zero-order valence-electron chi connectivity index (χ0n) is 11.1. The molecule has 0 saturated carbocycles. The van der Waals surface area contributed by atoms with Gasteiger partial charge >= 0.3 is 0 Å². The van der Waals surface area contributed by atoms with E-state index in [1.54, 1.807) is 0 Å². The fourth-order valence-electron chi connectivity index (χ4n) is 1.98. The Bertz CT molecular complexity index is 495. The molecule has 0 amide bonds. The van der Waals surface area contributed by atoms with Gasteiger partial charge in [-0.3, -0.25) is 0 Å². The molecular formula is C16H21NO. The van der Waals surface area contributed by atoms with Gasteiger partial charge in [0.2, 0.25) is 0 Å². The summed E-state index contributed by atoms with van der Waals surface area (Å²) >= 11 is 0. The van der Waals surface area contributed by atoms with Crippen LogP contribution in [0, 0.1) is 0 Å². The van der Waals surface area contributed by atoms with Crippen LogP contribution in [0.15, 0.2) is 42.5 Å². The van der Waals surface area contributed by atoms with Gasteiger partial charge in [0, 0.05) is 6.04 Å². The molecule has 0 radical (unpaired) electrons. The van der Waals surface area contributed by atoms with E-state index in [2.05, 4.69) is 48.6 Å². The number of nitrogens with one attached hydrogen (secondary N) is 1. The van der Waals surface area contributed by atoms with Crippen molar-refractivity contribution in [1.29, 1.82) is 0 Å². The predicted octanol–water partition coefficient (Wildman–Crippen LogP) is 3.61. The average molecular weight is 243 g/mol. The molecule has 2 aromatic rings. The normalized spacial score (nSPS) is 12.6. The Morgan fingerprint density at radius 3 is 2.67 bits per heavy atom. The predicted molar refractivity (Wildman–Crippen MR) is 77.2 cm³/mol. The van der Waals surface area contributed by atoms with Crippen LogP contribution in [0.1, 0.15) is 19.8 Å². The Balaban J connectivity index is 1.88. The van der Waals surface area contributed by atoms with Gasteiger partial charge in [-0.25, -0.2) is 0 Å². The maximum absolute atomic E-state index is 5.78. The van der Waals surface area contributed by atoms with Gasteiger partial charge in [0.15, 0.2) is 0 Å². The zero-order chi connectivity index (χ0) is 12.8. The van der Waals surface area contributed by atoms with E-state index in [1.807, 2.05) is 13.1 Å². The lowest BCUT2D eigenvalue weighted by atomic mass is 10.1. The summed E-state index contributed by atoms with van der Waals surface area (Å²) in [6.45, 7) is 2.97. The van der Waals surface area contributed by atoms with Crippen LogP contribution in [0.2, 0.25) is 0 Å². The van der Waals surface area contributed by atoms with Gasteiger partial charge < -0.3 is 10.1 Å². The van der Waals surface area contributed by atoms with Crippen LogP contribution in [0.5, 0.6) is 5.75 Å². The highest BCUT2D eigenvalue weighted by Crippen LogP contribution is 2.20. The molecule has 1 N–H and O–H groups in total. The van der Waals surface area contributed by atoms with E-state index in [-0.39, 0.29) is 0 Å². The largest absolute Gasteiger partial charge is 0.494 e. The molecule has 2 rings (SSSR count). The zero-order valence-corrected chi connectivity index (χ0v) is 11.1. The van der Waals surface area contributed by atoms with Crippen LogP contribution in [0.3, 0.4) is 0 Å². The molecule has 18 heavy (non-hydrogen) atoms. The molecule has 2 nitrogen and oxygen atoms in total. The summed E-state index contributed by atoms with van der Waals surface area (Å²) in [7, 11) is 1.99. The third kappa shape index (κ3) is 3.47. The number of benzene rings is 2. The van der Waals surface area contributed by atoms with Crippen LogP contribution >= 0.6 is 0 Å². The second-order valence-corrected chi connectivity index (χ2v) is 4.69. The molecule has 0 fully saturated rings. The topological polar surface area (TPSA) is 21.3 Å². The van der Waals surface area contributed by atoms with Gasteiger partial charge in [0.25, 0.3) is 0 Å². The van der Waals surface area contributed by atoms with Crippen LogP contribution in [0.4, 0.5) is 0 Å². The summed E-state index contributed by atoms with van der Waals surface area (Å²) in [6, 6.07) is 15.2. The second kappa shape index (κ2) is 6.41. The molecular weight excluding hydrogens is 222 g/mol. The van der Waals surface area contributed by atoms with E-state index in [0.717, 1.165) is 25.2 Å². The minimum absolute atomic E-state index is 0.560. The first-order valence-corrected chi connectivity index (χ1v) is 6.58. The standard InChI is InChI=1S/C16H21NO/c1-13(17-2)6-5-11-18-16-10-9-14-7-3-4-8-15(14)12-16/h3-4,7-10,12-13,17H,5-6,11H2,1-2H3. The molecule has 0 aliphatic carbocycles. The number of fused-ring (bicyclic) bond motifs is 1.